The summed E-state index contributed by atoms with van der Waals surface area (Å²) in [5, 5.41) is 7.55. The molecule has 0 unspecified atom stereocenters. The van der Waals surface area contributed by atoms with Gasteiger partial charge in [0.25, 0.3) is 0 Å². The number of halogens is 1. The number of amides is 1. The van der Waals surface area contributed by atoms with Gasteiger partial charge in [-0.1, -0.05) is 0 Å². The molecule has 0 saturated heterocycles. The molecule has 9 heteroatoms. The smallest absolute Gasteiger partial charge is 0.249 e. The number of nitrogens with one attached hydrogen (secondary N) is 1. The monoisotopic (exact) mass is 455 g/mol. The molecule has 1 aliphatic rings. The van der Waals surface area contributed by atoms with Gasteiger partial charge in [-0.25, -0.2) is 9.07 Å². The van der Waals surface area contributed by atoms with Crippen molar-refractivity contribution < 1.29 is 23.4 Å². The quantitative estimate of drug-likeness (QED) is 0.531. The zero-order chi connectivity index (χ0) is 22.7. The summed E-state index contributed by atoms with van der Waals surface area (Å²) in [5.74, 6) is 2.94. The van der Waals surface area contributed by atoms with Gasteiger partial charge in [-0.15, -0.1) is 0 Å². The van der Waals surface area contributed by atoms with Crippen LogP contribution in [-0.2, 0) is 16.3 Å². The number of ether oxygens (including phenoxy) is 3. The van der Waals surface area contributed by atoms with Crippen LogP contribution in [0.3, 0.4) is 0 Å². The Labute approximate surface area is 189 Å². The van der Waals surface area contributed by atoms with Gasteiger partial charge in [-0.3, -0.25) is 4.79 Å². The van der Waals surface area contributed by atoms with E-state index in [9.17, 15) is 9.18 Å². The normalized spacial score (nSPS) is 12.6. The molecule has 2 aromatic carbocycles. The van der Waals surface area contributed by atoms with Gasteiger partial charge in [0, 0.05) is 23.1 Å². The second kappa shape index (κ2) is 9.35. The fourth-order valence-electron chi connectivity index (χ4n) is 3.44. The van der Waals surface area contributed by atoms with Crippen molar-refractivity contribution in [1.29, 1.82) is 0 Å². The largest absolute Gasteiger partial charge is 0.493 e. The maximum Gasteiger partial charge on any atom is 0.249 e. The Bertz CT molecular complexity index is 1150. The summed E-state index contributed by atoms with van der Waals surface area (Å²) < 4.78 is 31.0. The number of anilines is 1. The Morgan fingerprint density at radius 3 is 2.41 bits per heavy atom. The zero-order valence-corrected chi connectivity index (χ0v) is 18.7. The van der Waals surface area contributed by atoms with E-state index in [4.69, 9.17) is 14.2 Å². The Morgan fingerprint density at radius 1 is 1.09 bits per heavy atom. The van der Waals surface area contributed by atoms with Gasteiger partial charge in [-0.2, -0.15) is 16.9 Å². The molecule has 3 aromatic rings. The van der Waals surface area contributed by atoms with Crippen molar-refractivity contribution in [2.45, 2.75) is 11.5 Å². The number of hydrogen-bond acceptors (Lipinski definition) is 6. The van der Waals surface area contributed by atoms with E-state index in [0.717, 1.165) is 22.8 Å². The fraction of sp³-hybridized carbons (Fsp3) is 0.217. The molecule has 32 heavy (non-hydrogen) atoms. The molecule has 2 heterocycles. The number of carbonyl (C=O) groups is 1. The molecule has 1 amide bonds. The van der Waals surface area contributed by atoms with Gasteiger partial charge in [0.05, 0.1) is 32.7 Å². The van der Waals surface area contributed by atoms with Crippen molar-refractivity contribution in [1.82, 2.24) is 9.78 Å². The molecule has 1 N–H and O–H groups in total. The van der Waals surface area contributed by atoms with Gasteiger partial charge in [0.15, 0.2) is 11.5 Å². The van der Waals surface area contributed by atoms with Crippen molar-refractivity contribution in [3.05, 3.63) is 65.1 Å². The zero-order valence-electron chi connectivity index (χ0n) is 17.8. The minimum atomic E-state index is -0.331. The molecule has 7 nitrogen and oxygen atoms in total. The van der Waals surface area contributed by atoms with Gasteiger partial charge in [-0.05, 0) is 48.0 Å². The molecule has 0 spiro atoms. The fourth-order valence-corrected chi connectivity index (χ4v) is 4.47. The first kappa shape index (κ1) is 21.8. The van der Waals surface area contributed by atoms with Crippen LogP contribution in [0, 0.1) is 5.82 Å². The molecule has 0 atom stereocenters. The molecule has 166 valence electrons. The highest BCUT2D eigenvalue weighted by Crippen LogP contribution is 2.39. The van der Waals surface area contributed by atoms with Crippen LogP contribution in [0.4, 0.5) is 10.2 Å². The summed E-state index contributed by atoms with van der Waals surface area (Å²) in [6.45, 7) is 0. The maximum absolute atomic E-state index is 13.4. The molecule has 0 saturated carbocycles. The average molecular weight is 456 g/mol. The van der Waals surface area contributed by atoms with E-state index in [1.54, 1.807) is 46.8 Å². The van der Waals surface area contributed by atoms with E-state index in [1.165, 1.54) is 39.5 Å². The number of carbonyl (C=O) groups excluding carboxylic acids is 1. The van der Waals surface area contributed by atoms with Gasteiger partial charge in [0.2, 0.25) is 11.7 Å². The summed E-state index contributed by atoms with van der Waals surface area (Å²) in [6, 6.07) is 9.50. The predicted octanol–water partition coefficient (Wildman–Crippen LogP) is 4.44. The second-order valence-corrected chi connectivity index (χ2v) is 7.92. The number of thioether (sulfide) groups is 1. The number of fused-ring (bicyclic) bond motifs is 1. The van der Waals surface area contributed by atoms with Crippen LogP contribution >= 0.6 is 11.8 Å². The van der Waals surface area contributed by atoms with Crippen molar-refractivity contribution in [3.8, 4) is 22.9 Å². The van der Waals surface area contributed by atoms with E-state index < -0.39 is 0 Å². The Kier molecular flexibility index (Phi) is 6.36. The molecular formula is C23H22FN3O4S. The maximum atomic E-state index is 13.4. The van der Waals surface area contributed by atoms with E-state index in [-0.39, 0.29) is 11.7 Å². The standard InChI is InChI=1S/C23H22FN3O4S/c1-29-19-10-14(11-20(30-2)22(19)31-3)4-9-21(28)25-23-17-12-32-13-18(17)26-27(23)16-7-5-15(24)6-8-16/h4-11H,12-13H2,1-3H3,(H,25,28)/b9-4+. The lowest BCUT2D eigenvalue weighted by atomic mass is 10.1. The van der Waals surface area contributed by atoms with Crippen molar-refractivity contribution in [3.63, 3.8) is 0 Å². The molecule has 0 radical (unpaired) electrons. The first-order valence-corrected chi connectivity index (χ1v) is 10.9. The highest BCUT2D eigenvalue weighted by Gasteiger charge is 2.24. The van der Waals surface area contributed by atoms with Crippen molar-refractivity contribution in [2.24, 2.45) is 0 Å². The summed E-state index contributed by atoms with van der Waals surface area (Å²) in [6.07, 6.45) is 3.09. The van der Waals surface area contributed by atoms with Crippen molar-refractivity contribution in [2.75, 3.05) is 26.6 Å². The average Bonchev–Trinajstić information content (AvgIpc) is 3.40. The summed E-state index contributed by atoms with van der Waals surface area (Å²) in [5.41, 5.74) is 3.29. The van der Waals surface area contributed by atoms with E-state index in [1.807, 2.05) is 0 Å². The highest BCUT2D eigenvalue weighted by molar-refractivity contribution is 7.98. The van der Waals surface area contributed by atoms with Gasteiger partial charge >= 0.3 is 0 Å². The molecule has 0 fully saturated rings. The number of hydrogen-bond donors (Lipinski definition) is 1. The summed E-state index contributed by atoms with van der Waals surface area (Å²) in [4.78, 5) is 12.8. The van der Waals surface area contributed by atoms with Crippen LogP contribution in [-0.4, -0.2) is 37.0 Å². The van der Waals surface area contributed by atoms with E-state index in [2.05, 4.69) is 10.4 Å². The van der Waals surface area contributed by atoms with Crippen molar-refractivity contribution >= 4 is 29.6 Å². The van der Waals surface area contributed by atoms with E-state index >= 15 is 0 Å². The van der Waals surface area contributed by atoms with Gasteiger partial charge in [0.1, 0.15) is 11.6 Å². The Morgan fingerprint density at radius 2 is 1.78 bits per heavy atom. The lowest BCUT2D eigenvalue weighted by molar-refractivity contribution is -0.111. The second-order valence-electron chi connectivity index (χ2n) is 6.94. The number of aromatic nitrogens is 2. The SMILES string of the molecule is COc1cc(/C=C/C(=O)Nc2c3c(nn2-c2ccc(F)cc2)CSC3)cc(OC)c1OC. The van der Waals surface area contributed by atoms with E-state index in [0.29, 0.717) is 34.3 Å². The predicted molar refractivity (Wildman–Crippen MR) is 122 cm³/mol. The van der Waals surface area contributed by atoms with Crippen LogP contribution in [0.5, 0.6) is 17.2 Å². The third-order valence-corrected chi connectivity index (χ3v) is 5.95. The minimum absolute atomic E-state index is 0.318. The lowest BCUT2D eigenvalue weighted by Gasteiger charge is -2.13. The lowest BCUT2D eigenvalue weighted by Crippen LogP contribution is -2.13. The Hall–Kier alpha value is -3.46. The number of methoxy groups -OCH3 is 3. The third kappa shape index (κ3) is 4.29. The topological polar surface area (TPSA) is 74.6 Å². The highest BCUT2D eigenvalue weighted by atomic mass is 32.2. The van der Waals surface area contributed by atoms with Crippen LogP contribution in [0.15, 0.2) is 42.5 Å². The molecule has 0 bridgehead atoms. The molecular weight excluding hydrogens is 433 g/mol. The van der Waals surface area contributed by atoms with Gasteiger partial charge < -0.3 is 19.5 Å². The van der Waals surface area contributed by atoms with Crippen LogP contribution in [0.2, 0.25) is 0 Å². The minimum Gasteiger partial charge on any atom is -0.493 e. The molecule has 1 aliphatic heterocycles. The third-order valence-electron chi connectivity index (χ3n) is 4.98. The number of nitrogens with zero attached hydrogens (tertiary/aromatic N) is 2. The number of benzene rings is 2. The van der Waals surface area contributed by atoms with Crippen LogP contribution < -0.4 is 19.5 Å². The van der Waals surface area contributed by atoms with Crippen LogP contribution in [0.1, 0.15) is 16.8 Å². The molecule has 0 aliphatic carbocycles. The summed E-state index contributed by atoms with van der Waals surface area (Å²) >= 11 is 1.73. The summed E-state index contributed by atoms with van der Waals surface area (Å²) in [7, 11) is 4.60. The molecule has 1 aromatic heterocycles. The molecule has 4 rings (SSSR count). The van der Waals surface area contributed by atoms with Crippen LogP contribution in [0.25, 0.3) is 11.8 Å². The first-order valence-electron chi connectivity index (χ1n) is 9.77. The number of rotatable bonds is 7. The first-order chi connectivity index (χ1) is 15.5. The Balaban J connectivity index is 1.60.